The lowest BCUT2D eigenvalue weighted by molar-refractivity contribution is -0.387. The van der Waals surface area contributed by atoms with Gasteiger partial charge in [0.25, 0.3) is 15.7 Å². The zero-order valence-corrected chi connectivity index (χ0v) is 16.3. The third kappa shape index (κ3) is 4.02. The van der Waals surface area contributed by atoms with Gasteiger partial charge in [-0.3, -0.25) is 19.2 Å². The Bertz CT molecular complexity index is 961. The van der Waals surface area contributed by atoms with Crippen molar-refractivity contribution in [3.05, 3.63) is 62.6 Å². The third-order valence-electron chi connectivity index (χ3n) is 3.56. The maximum absolute atomic E-state index is 13.1. The van der Waals surface area contributed by atoms with E-state index in [9.17, 15) is 23.3 Å². The molecule has 138 valence electrons. The number of benzene rings is 2. The van der Waals surface area contributed by atoms with Gasteiger partial charge in [0.05, 0.1) is 17.7 Å². The summed E-state index contributed by atoms with van der Waals surface area (Å²) in [6, 6.07) is 9.64. The Hall–Kier alpha value is -2.46. The molecule has 0 spiro atoms. The van der Waals surface area contributed by atoms with Gasteiger partial charge in [0.2, 0.25) is 0 Å². The van der Waals surface area contributed by atoms with Crippen molar-refractivity contribution >= 4 is 43.3 Å². The molecule has 0 aromatic heterocycles. The fourth-order valence-corrected chi connectivity index (χ4v) is 4.03. The van der Waals surface area contributed by atoms with Crippen LogP contribution in [0.3, 0.4) is 0 Å². The molecule has 0 aliphatic carbocycles. The average molecular weight is 443 g/mol. The Labute approximate surface area is 158 Å². The molecular weight excluding hydrogens is 428 g/mol. The first-order valence-electron chi connectivity index (χ1n) is 7.27. The van der Waals surface area contributed by atoms with Crippen molar-refractivity contribution in [1.82, 2.24) is 0 Å². The molecule has 2 aromatic carbocycles. The lowest BCUT2D eigenvalue weighted by atomic mass is 10.2. The van der Waals surface area contributed by atoms with Gasteiger partial charge in [0.15, 0.2) is 4.90 Å². The molecule has 0 radical (unpaired) electrons. The number of halogens is 1. The summed E-state index contributed by atoms with van der Waals surface area (Å²) in [5, 5.41) is 11.2. The first-order chi connectivity index (χ1) is 12.2. The Morgan fingerprint density at radius 1 is 1.27 bits per heavy atom. The van der Waals surface area contributed by atoms with E-state index < -0.39 is 38.0 Å². The Morgan fingerprint density at radius 3 is 2.50 bits per heavy atom. The third-order valence-corrected chi connectivity index (χ3v) is 6.27. The van der Waals surface area contributed by atoms with Gasteiger partial charge in [0, 0.05) is 10.5 Å². The molecule has 26 heavy (non-hydrogen) atoms. The zero-order chi connectivity index (χ0) is 19.5. The number of carbonyl (C=O) groups excluding carboxylic acids is 1. The minimum Gasteiger partial charge on any atom is -0.468 e. The molecule has 2 rings (SSSR count). The van der Waals surface area contributed by atoms with Gasteiger partial charge in [-0.2, -0.15) is 0 Å². The summed E-state index contributed by atoms with van der Waals surface area (Å²) in [4.78, 5) is 21.7. The molecule has 10 heteroatoms. The smallest absolute Gasteiger partial charge is 0.326 e. The molecule has 2 aromatic rings. The van der Waals surface area contributed by atoms with Crippen molar-refractivity contribution in [2.45, 2.75) is 11.8 Å². The van der Waals surface area contributed by atoms with Crippen LogP contribution < -0.4 is 4.31 Å². The van der Waals surface area contributed by atoms with E-state index in [1.165, 1.54) is 18.2 Å². The summed E-state index contributed by atoms with van der Waals surface area (Å²) in [5.41, 5.74) is 0.348. The molecule has 0 saturated heterocycles. The second-order valence-electron chi connectivity index (χ2n) is 5.25. The molecule has 0 atom stereocenters. The molecule has 0 aliphatic rings. The molecule has 0 bridgehead atoms. The van der Waals surface area contributed by atoms with Crippen LogP contribution in [0.5, 0.6) is 0 Å². The van der Waals surface area contributed by atoms with Gasteiger partial charge >= 0.3 is 5.97 Å². The minimum atomic E-state index is -4.39. The highest BCUT2D eigenvalue weighted by Crippen LogP contribution is 2.31. The summed E-state index contributed by atoms with van der Waals surface area (Å²) >= 11 is 3.32. The van der Waals surface area contributed by atoms with E-state index in [0.29, 0.717) is 0 Å². The summed E-state index contributed by atoms with van der Waals surface area (Å²) in [6.07, 6.45) is 0. The number of nitro benzene ring substituents is 1. The van der Waals surface area contributed by atoms with Crippen LogP contribution in [0.15, 0.2) is 51.8 Å². The molecule has 0 amide bonds. The average Bonchev–Trinajstić information content (AvgIpc) is 2.61. The maximum Gasteiger partial charge on any atom is 0.326 e. The minimum absolute atomic E-state index is 0.189. The van der Waals surface area contributed by atoms with Crippen LogP contribution in [0.4, 0.5) is 11.4 Å². The van der Waals surface area contributed by atoms with E-state index in [1.807, 2.05) is 0 Å². The monoisotopic (exact) mass is 442 g/mol. The van der Waals surface area contributed by atoms with Gasteiger partial charge in [-0.1, -0.05) is 28.1 Å². The number of hydrogen-bond donors (Lipinski definition) is 0. The summed E-state index contributed by atoms with van der Waals surface area (Å²) in [6.45, 7) is 1.13. The largest absolute Gasteiger partial charge is 0.468 e. The number of rotatable bonds is 6. The molecule has 8 nitrogen and oxygen atoms in total. The molecule has 0 aliphatic heterocycles. The van der Waals surface area contributed by atoms with Crippen LogP contribution in [0.1, 0.15) is 5.56 Å². The van der Waals surface area contributed by atoms with Crippen LogP contribution >= 0.6 is 15.9 Å². The number of carbonyl (C=O) groups is 1. The van der Waals surface area contributed by atoms with Gasteiger partial charge in [-0.15, -0.1) is 0 Å². The number of anilines is 1. The first kappa shape index (κ1) is 19.9. The molecule has 0 fully saturated rings. The van der Waals surface area contributed by atoms with Crippen LogP contribution in [-0.2, 0) is 19.6 Å². The fraction of sp³-hybridized carbons (Fsp3) is 0.188. The van der Waals surface area contributed by atoms with E-state index in [2.05, 4.69) is 20.7 Å². The topological polar surface area (TPSA) is 107 Å². The standard InChI is InChI=1S/C16H15BrN2O6S/c1-11-9-12(7-8-13(11)17)18(10-16(20)25-2)26(23,24)15-6-4-3-5-14(15)19(21)22/h3-9H,10H2,1-2H3. The number of aryl methyl sites for hydroxylation is 1. The highest BCUT2D eigenvalue weighted by atomic mass is 79.9. The number of nitrogens with zero attached hydrogens (tertiary/aromatic N) is 2. The fourth-order valence-electron chi connectivity index (χ4n) is 2.23. The molecule has 0 saturated carbocycles. The van der Waals surface area contributed by atoms with Crippen LogP contribution in [-0.4, -0.2) is 33.0 Å². The van der Waals surface area contributed by atoms with Crippen LogP contribution in [0, 0.1) is 17.0 Å². The van der Waals surface area contributed by atoms with Crippen molar-refractivity contribution in [2.75, 3.05) is 18.0 Å². The quantitative estimate of drug-likeness (QED) is 0.386. The lowest BCUT2D eigenvalue weighted by Crippen LogP contribution is -2.36. The lowest BCUT2D eigenvalue weighted by Gasteiger charge is -2.23. The number of sulfonamides is 1. The second kappa shape index (κ2) is 7.83. The molecule has 0 heterocycles. The summed E-state index contributed by atoms with van der Waals surface area (Å²) in [7, 11) is -3.26. The van der Waals surface area contributed by atoms with Crippen molar-refractivity contribution in [2.24, 2.45) is 0 Å². The zero-order valence-electron chi connectivity index (χ0n) is 13.9. The van der Waals surface area contributed by atoms with Crippen LogP contribution in [0.25, 0.3) is 0 Å². The second-order valence-corrected chi connectivity index (χ2v) is 7.93. The van der Waals surface area contributed by atoms with E-state index in [-0.39, 0.29) is 5.69 Å². The van der Waals surface area contributed by atoms with E-state index in [0.717, 1.165) is 33.6 Å². The number of para-hydroxylation sites is 1. The van der Waals surface area contributed by atoms with Crippen molar-refractivity contribution in [3.8, 4) is 0 Å². The normalized spacial score (nSPS) is 11.0. The number of nitro groups is 1. The number of ether oxygens (including phenoxy) is 1. The van der Waals surface area contributed by atoms with Crippen molar-refractivity contribution in [1.29, 1.82) is 0 Å². The SMILES string of the molecule is COC(=O)CN(c1ccc(Br)c(C)c1)S(=O)(=O)c1ccccc1[N+](=O)[O-]. The number of methoxy groups -OCH3 is 1. The number of hydrogen-bond acceptors (Lipinski definition) is 6. The number of esters is 1. The van der Waals surface area contributed by atoms with Gasteiger partial charge in [-0.25, -0.2) is 8.42 Å². The Morgan fingerprint density at radius 2 is 1.92 bits per heavy atom. The predicted molar refractivity (Wildman–Crippen MR) is 98.5 cm³/mol. The van der Waals surface area contributed by atoms with E-state index in [1.54, 1.807) is 19.1 Å². The van der Waals surface area contributed by atoms with Crippen molar-refractivity contribution < 1.29 is 22.9 Å². The van der Waals surface area contributed by atoms with E-state index >= 15 is 0 Å². The maximum atomic E-state index is 13.1. The highest BCUT2D eigenvalue weighted by Gasteiger charge is 2.33. The van der Waals surface area contributed by atoms with Crippen molar-refractivity contribution in [3.63, 3.8) is 0 Å². The highest BCUT2D eigenvalue weighted by molar-refractivity contribution is 9.10. The summed E-state index contributed by atoms with van der Waals surface area (Å²) in [5.74, 6) is -0.798. The first-order valence-corrected chi connectivity index (χ1v) is 9.51. The molecule has 0 N–H and O–H groups in total. The van der Waals surface area contributed by atoms with Gasteiger partial charge in [0.1, 0.15) is 6.54 Å². The van der Waals surface area contributed by atoms with E-state index in [4.69, 9.17) is 0 Å². The molecular formula is C16H15BrN2O6S. The Balaban J connectivity index is 2.66. The predicted octanol–water partition coefficient (Wildman–Crippen LogP) is 3.03. The van der Waals surface area contributed by atoms with Gasteiger partial charge in [-0.05, 0) is 36.8 Å². The van der Waals surface area contributed by atoms with Gasteiger partial charge < -0.3 is 4.74 Å². The van der Waals surface area contributed by atoms with Crippen LogP contribution in [0.2, 0.25) is 0 Å². The Kier molecular flexibility index (Phi) is 5.98. The molecule has 0 unspecified atom stereocenters. The summed E-state index contributed by atoms with van der Waals surface area (Å²) < 4.78 is 32.3.